The first-order valence-electron chi connectivity index (χ1n) is 9.49. The van der Waals surface area contributed by atoms with Gasteiger partial charge in [-0.15, -0.1) is 0 Å². The van der Waals surface area contributed by atoms with Gasteiger partial charge in [0.25, 0.3) is 0 Å². The number of rotatable bonds is 12. The number of carbonyl (C=O) groups excluding carboxylic acids is 1. The fourth-order valence-electron chi connectivity index (χ4n) is 2.61. The number of aryl methyl sites for hydroxylation is 1. The van der Waals surface area contributed by atoms with Crippen molar-refractivity contribution in [3.63, 3.8) is 0 Å². The molecular formula is C22H27NO5. The Hall–Kier alpha value is -3.02. The lowest BCUT2D eigenvalue weighted by Gasteiger charge is -2.10. The Balaban J connectivity index is 1.70. The molecule has 28 heavy (non-hydrogen) atoms. The fraction of sp³-hybridized carbons (Fsp3) is 0.364. The van der Waals surface area contributed by atoms with E-state index in [0.717, 1.165) is 24.2 Å². The minimum Gasteiger partial charge on any atom is -0.490 e. The molecule has 0 bridgehead atoms. The standard InChI is InChI=1S/C22H27NO5/c1-2-4-17-7-9-19(10-8-17)27-13-14-28-20-6-3-5-18(15-20)16-23-21(24)11-12-22(25)26/h3,5-10,15H,2,4,11-14,16H2,1H3,(H,23,24)(H,25,26). The lowest BCUT2D eigenvalue weighted by atomic mass is 10.1. The van der Waals surface area contributed by atoms with Gasteiger partial charge in [0.2, 0.25) is 5.91 Å². The average molecular weight is 385 g/mol. The summed E-state index contributed by atoms with van der Waals surface area (Å²) in [6.07, 6.45) is 2.00. The topological polar surface area (TPSA) is 84.9 Å². The van der Waals surface area contributed by atoms with Crippen LogP contribution < -0.4 is 14.8 Å². The molecule has 2 aromatic rings. The van der Waals surface area contributed by atoms with E-state index in [1.54, 1.807) is 0 Å². The van der Waals surface area contributed by atoms with E-state index in [9.17, 15) is 9.59 Å². The SMILES string of the molecule is CCCc1ccc(OCCOc2cccc(CNC(=O)CCC(=O)O)c2)cc1. The molecule has 2 aromatic carbocycles. The van der Waals surface area contributed by atoms with Crippen molar-refractivity contribution >= 4 is 11.9 Å². The molecule has 0 aliphatic carbocycles. The summed E-state index contributed by atoms with van der Waals surface area (Å²) in [5, 5.41) is 11.3. The Bertz CT molecular complexity index is 758. The molecule has 0 fully saturated rings. The maximum Gasteiger partial charge on any atom is 0.303 e. The third-order valence-electron chi connectivity index (χ3n) is 4.04. The Morgan fingerprint density at radius 1 is 0.929 bits per heavy atom. The number of carbonyl (C=O) groups is 2. The molecule has 0 aliphatic heterocycles. The van der Waals surface area contributed by atoms with E-state index in [4.69, 9.17) is 14.6 Å². The van der Waals surface area contributed by atoms with Gasteiger partial charge in [-0.2, -0.15) is 0 Å². The summed E-state index contributed by atoms with van der Waals surface area (Å²) in [6.45, 7) is 3.33. The highest BCUT2D eigenvalue weighted by Crippen LogP contribution is 2.15. The quantitative estimate of drug-likeness (QED) is 0.546. The molecule has 0 spiro atoms. The van der Waals surface area contributed by atoms with Gasteiger partial charge >= 0.3 is 5.97 Å². The van der Waals surface area contributed by atoms with Gasteiger partial charge in [0.05, 0.1) is 6.42 Å². The van der Waals surface area contributed by atoms with Gasteiger partial charge in [0, 0.05) is 13.0 Å². The van der Waals surface area contributed by atoms with Crippen LogP contribution in [0.5, 0.6) is 11.5 Å². The second-order valence-electron chi connectivity index (χ2n) is 6.41. The number of ether oxygens (including phenoxy) is 2. The molecule has 0 heterocycles. The van der Waals surface area contributed by atoms with Crippen molar-refractivity contribution in [2.45, 2.75) is 39.2 Å². The van der Waals surface area contributed by atoms with E-state index in [2.05, 4.69) is 24.4 Å². The third kappa shape index (κ3) is 8.12. The van der Waals surface area contributed by atoms with Crippen LogP contribution in [0.15, 0.2) is 48.5 Å². The van der Waals surface area contributed by atoms with Crippen LogP contribution in [0.3, 0.4) is 0 Å². The molecule has 150 valence electrons. The molecule has 2 N–H and O–H groups in total. The molecule has 0 aliphatic rings. The zero-order valence-electron chi connectivity index (χ0n) is 16.1. The summed E-state index contributed by atoms with van der Waals surface area (Å²) >= 11 is 0. The molecule has 0 aromatic heterocycles. The lowest BCUT2D eigenvalue weighted by Crippen LogP contribution is -2.23. The monoisotopic (exact) mass is 385 g/mol. The van der Waals surface area contributed by atoms with E-state index in [1.165, 1.54) is 5.56 Å². The van der Waals surface area contributed by atoms with Crippen LogP contribution in [0.2, 0.25) is 0 Å². The summed E-state index contributed by atoms with van der Waals surface area (Å²) in [4.78, 5) is 22.1. The van der Waals surface area contributed by atoms with E-state index in [-0.39, 0.29) is 18.7 Å². The van der Waals surface area contributed by atoms with Gasteiger partial charge in [-0.05, 0) is 41.8 Å². The minimum atomic E-state index is -0.982. The van der Waals surface area contributed by atoms with Crippen molar-refractivity contribution in [2.24, 2.45) is 0 Å². The average Bonchev–Trinajstić information content (AvgIpc) is 2.70. The van der Waals surface area contributed by atoms with E-state index < -0.39 is 5.97 Å². The van der Waals surface area contributed by atoms with Crippen LogP contribution >= 0.6 is 0 Å². The maximum atomic E-state index is 11.6. The highest BCUT2D eigenvalue weighted by atomic mass is 16.5. The number of benzene rings is 2. The van der Waals surface area contributed by atoms with Gasteiger partial charge in [-0.1, -0.05) is 37.6 Å². The summed E-state index contributed by atoms with van der Waals surface area (Å²) in [5.41, 5.74) is 2.19. The Kier molecular flexibility index (Phi) is 8.85. The second-order valence-corrected chi connectivity index (χ2v) is 6.41. The van der Waals surface area contributed by atoms with Crippen molar-refractivity contribution in [1.29, 1.82) is 0 Å². The minimum absolute atomic E-state index is 0.0255. The zero-order chi connectivity index (χ0) is 20.2. The molecule has 6 heteroatoms. The van der Waals surface area contributed by atoms with Gasteiger partial charge in [-0.25, -0.2) is 0 Å². The molecule has 6 nitrogen and oxygen atoms in total. The van der Waals surface area contributed by atoms with Crippen LogP contribution in [0.1, 0.15) is 37.3 Å². The Labute approximate surface area is 165 Å². The van der Waals surface area contributed by atoms with Crippen LogP contribution in [-0.4, -0.2) is 30.2 Å². The predicted molar refractivity (Wildman–Crippen MR) is 107 cm³/mol. The number of carboxylic acid groups (broad SMARTS) is 1. The zero-order valence-corrected chi connectivity index (χ0v) is 16.1. The highest BCUT2D eigenvalue weighted by Gasteiger charge is 2.05. The van der Waals surface area contributed by atoms with Crippen molar-refractivity contribution in [2.75, 3.05) is 13.2 Å². The smallest absolute Gasteiger partial charge is 0.303 e. The largest absolute Gasteiger partial charge is 0.490 e. The summed E-state index contributed by atoms with van der Waals surface area (Å²) in [6, 6.07) is 15.5. The predicted octanol–water partition coefficient (Wildman–Crippen LogP) is 3.58. The van der Waals surface area contributed by atoms with Crippen molar-refractivity contribution < 1.29 is 24.2 Å². The fourth-order valence-corrected chi connectivity index (χ4v) is 2.61. The first kappa shape index (κ1) is 21.3. The van der Waals surface area contributed by atoms with Gasteiger partial charge in [-0.3, -0.25) is 9.59 Å². The van der Waals surface area contributed by atoms with Gasteiger partial charge < -0.3 is 19.9 Å². The molecule has 0 saturated heterocycles. The number of hydrogen-bond donors (Lipinski definition) is 2. The third-order valence-corrected chi connectivity index (χ3v) is 4.04. The number of hydrogen-bond acceptors (Lipinski definition) is 4. The van der Waals surface area contributed by atoms with Crippen molar-refractivity contribution in [3.05, 3.63) is 59.7 Å². The number of nitrogens with one attached hydrogen (secondary N) is 1. The Morgan fingerprint density at radius 2 is 1.64 bits per heavy atom. The molecule has 0 atom stereocenters. The number of carboxylic acids is 1. The van der Waals surface area contributed by atoms with Crippen LogP contribution in [-0.2, 0) is 22.6 Å². The van der Waals surface area contributed by atoms with Gasteiger partial charge in [0.1, 0.15) is 24.7 Å². The molecule has 0 radical (unpaired) electrons. The lowest BCUT2D eigenvalue weighted by molar-refractivity contribution is -0.138. The Morgan fingerprint density at radius 3 is 2.32 bits per heavy atom. The van der Waals surface area contributed by atoms with E-state index in [1.807, 2.05) is 36.4 Å². The molecule has 2 rings (SSSR count). The first-order chi connectivity index (χ1) is 13.6. The summed E-state index contributed by atoms with van der Waals surface area (Å²) < 4.78 is 11.4. The molecule has 0 unspecified atom stereocenters. The van der Waals surface area contributed by atoms with Crippen LogP contribution in [0.4, 0.5) is 0 Å². The van der Waals surface area contributed by atoms with E-state index in [0.29, 0.717) is 25.5 Å². The summed E-state index contributed by atoms with van der Waals surface area (Å²) in [7, 11) is 0. The molecule has 1 amide bonds. The van der Waals surface area contributed by atoms with Crippen LogP contribution in [0, 0.1) is 0 Å². The second kappa shape index (κ2) is 11.6. The molecular weight excluding hydrogens is 358 g/mol. The number of aliphatic carboxylic acids is 1. The van der Waals surface area contributed by atoms with Gasteiger partial charge in [0.15, 0.2) is 0 Å². The van der Waals surface area contributed by atoms with E-state index >= 15 is 0 Å². The maximum absolute atomic E-state index is 11.6. The van der Waals surface area contributed by atoms with Crippen molar-refractivity contribution in [1.82, 2.24) is 5.32 Å². The molecule has 0 saturated carbocycles. The highest BCUT2D eigenvalue weighted by molar-refractivity contribution is 5.80. The number of amides is 1. The van der Waals surface area contributed by atoms with Crippen LogP contribution in [0.25, 0.3) is 0 Å². The first-order valence-corrected chi connectivity index (χ1v) is 9.49. The summed E-state index contributed by atoms with van der Waals surface area (Å²) in [5.74, 6) is 0.247. The van der Waals surface area contributed by atoms with Crippen molar-refractivity contribution in [3.8, 4) is 11.5 Å². The normalized spacial score (nSPS) is 10.3.